The van der Waals surface area contributed by atoms with Crippen LogP contribution in [0.1, 0.15) is 10.4 Å². The Morgan fingerprint density at radius 3 is 2.67 bits per heavy atom. The first-order valence-corrected chi connectivity index (χ1v) is 6.61. The number of nitrogen functional groups attached to an aromatic ring is 1. The van der Waals surface area contributed by atoms with Gasteiger partial charge >= 0.3 is 0 Å². The Labute approximate surface area is 128 Å². The molecule has 2 aromatic rings. The zero-order valence-corrected chi connectivity index (χ0v) is 12.5. The van der Waals surface area contributed by atoms with Gasteiger partial charge in [0.1, 0.15) is 11.6 Å². The summed E-state index contributed by atoms with van der Waals surface area (Å²) < 4.78 is 31.9. The summed E-state index contributed by atoms with van der Waals surface area (Å²) in [5, 5.41) is 2.35. The third-order valence-corrected chi connectivity index (χ3v) is 3.36. The van der Waals surface area contributed by atoms with Crippen molar-refractivity contribution in [2.45, 2.75) is 0 Å². The Morgan fingerprint density at radius 2 is 2.00 bits per heavy atom. The number of para-hydroxylation sites is 1. The van der Waals surface area contributed by atoms with Gasteiger partial charge in [-0.2, -0.15) is 0 Å². The topological polar surface area (TPSA) is 64.3 Å². The number of carbonyl (C=O) groups is 1. The van der Waals surface area contributed by atoms with Gasteiger partial charge < -0.3 is 15.8 Å². The van der Waals surface area contributed by atoms with Crippen molar-refractivity contribution in [1.82, 2.24) is 0 Å². The van der Waals surface area contributed by atoms with Crippen molar-refractivity contribution in [3.63, 3.8) is 0 Å². The van der Waals surface area contributed by atoms with Gasteiger partial charge in [0.25, 0.3) is 5.91 Å². The van der Waals surface area contributed by atoms with Crippen molar-refractivity contribution in [1.29, 1.82) is 0 Å². The van der Waals surface area contributed by atoms with E-state index in [-0.39, 0.29) is 27.2 Å². The zero-order chi connectivity index (χ0) is 15.6. The number of amides is 1. The molecule has 0 atom stereocenters. The molecule has 3 N–H and O–H groups in total. The highest BCUT2D eigenvalue weighted by Gasteiger charge is 2.17. The summed E-state index contributed by atoms with van der Waals surface area (Å²) in [6, 6.07) is 6.45. The quantitative estimate of drug-likeness (QED) is 0.652. The molecule has 0 aliphatic heterocycles. The van der Waals surface area contributed by atoms with Gasteiger partial charge in [-0.05, 0) is 34.1 Å². The lowest BCUT2D eigenvalue weighted by molar-refractivity contribution is 0.102. The molecule has 0 heterocycles. The number of nitrogens with one attached hydrogen (secondary N) is 1. The Balaban J connectivity index is 2.35. The summed E-state index contributed by atoms with van der Waals surface area (Å²) in [6.07, 6.45) is 0. The first-order chi connectivity index (χ1) is 9.93. The van der Waals surface area contributed by atoms with E-state index in [1.165, 1.54) is 13.2 Å². The van der Waals surface area contributed by atoms with Gasteiger partial charge in [-0.15, -0.1) is 0 Å². The number of carbonyl (C=O) groups excluding carboxylic acids is 1. The number of nitrogens with two attached hydrogens (primary N) is 1. The molecule has 0 aliphatic carbocycles. The van der Waals surface area contributed by atoms with E-state index in [9.17, 15) is 13.6 Å². The van der Waals surface area contributed by atoms with E-state index in [1.54, 1.807) is 12.1 Å². The molecule has 0 saturated carbocycles. The molecular formula is C14H11BrF2N2O2. The average molecular weight is 357 g/mol. The minimum Gasteiger partial charge on any atom is -0.494 e. The van der Waals surface area contributed by atoms with E-state index in [1.807, 2.05) is 0 Å². The monoisotopic (exact) mass is 356 g/mol. The lowest BCUT2D eigenvalue weighted by Gasteiger charge is -2.12. The Bertz CT molecular complexity index is 708. The van der Waals surface area contributed by atoms with Crippen LogP contribution in [0.3, 0.4) is 0 Å². The van der Waals surface area contributed by atoms with Crippen molar-refractivity contribution in [3.8, 4) is 5.75 Å². The van der Waals surface area contributed by atoms with Crippen LogP contribution in [-0.4, -0.2) is 13.0 Å². The van der Waals surface area contributed by atoms with Crippen molar-refractivity contribution in [2.75, 3.05) is 18.2 Å². The van der Waals surface area contributed by atoms with Gasteiger partial charge in [-0.1, -0.05) is 6.07 Å². The van der Waals surface area contributed by atoms with Crippen LogP contribution in [0.5, 0.6) is 5.75 Å². The summed E-state index contributed by atoms with van der Waals surface area (Å²) in [5.74, 6) is -2.06. The van der Waals surface area contributed by atoms with Gasteiger partial charge in [0.15, 0.2) is 5.75 Å². The van der Waals surface area contributed by atoms with Gasteiger partial charge in [0, 0.05) is 6.07 Å². The second-order valence-corrected chi connectivity index (χ2v) is 4.98. The lowest BCUT2D eigenvalue weighted by atomic mass is 10.1. The fraction of sp³-hybridized carbons (Fsp3) is 0.0714. The van der Waals surface area contributed by atoms with Crippen LogP contribution < -0.4 is 15.8 Å². The lowest BCUT2D eigenvalue weighted by Crippen LogP contribution is -2.15. The van der Waals surface area contributed by atoms with Gasteiger partial charge in [-0.25, -0.2) is 8.78 Å². The van der Waals surface area contributed by atoms with E-state index in [0.717, 1.165) is 6.07 Å². The van der Waals surface area contributed by atoms with Crippen LogP contribution in [-0.2, 0) is 0 Å². The summed E-state index contributed by atoms with van der Waals surface area (Å²) in [6.45, 7) is 0. The molecule has 0 bridgehead atoms. The standard InChI is InChI=1S/C14H11BrF2N2O2/c1-21-13-7(3-2-4-11(13)18)14(20)19-12-5-8(15)9(16)6-10(12)17/h2-6H,18H2,1H3,(H,19,20). The Hall–Kier alpha value is -2.15. The molecule has 21 heavy (non-hydrogen) atoms. The molecule has 0 aliphatic rings. The SMILES string of the molecule is COc1c(N)cccc1C(=O)Nc1cc(Br)c(F)cc1F. The average Bonchev–Trinajstić information content (AvgIpc) is 2.44. The molecule has 110 valence electrons. The third kappa shape index (κ3) is 3.13. The van der Waals surface area contributed by atoms with Crippen molar-refractivity contribution >= 4 is 33.2 Å². The number of anilines is 2. The Morgan fingerprint density at radius 1 is 1.29 bits per heavy atom. The first kappa shape index (κ1) is 15.2. The molecule has 0 radical (unpaired) electrons. The van der Waals surface area contributed by atoms with Gasteiger partial charge in [0.2, 0.25) is 0 Å². The molecule has 0 aromatic heterocycles. The van der Waals surface area contributed by atoms with Crippen molar-refractivity contribution in [3.05, 3.63) is 52.0 Å². The molecule has 4 nitrogen and oxygen atoms in total. The van der Waals surface area contributed by atoms with E-state index in [4.69, 9.17) is 10.5 Å². The normalized spacial score (nSPS) is 10.3. The number of methoxy groups -OCH3 is 1. The van der Waals surface area contributed by atoms with Crippen LogP contribution in [0, 0.1) is 11.6 Å². The number of benzene rings is 2. The fourth-order valence-electron chi connectivity index (χ4n) is 1.77. The van der Waals surface area contributed by atoms with Crippen LogP contribution in [0.25, 0.3) is 0 Å². The van der Waals surface area contributed by atoms with E-state index in [2.05, 4.69) is 21.2 Å². The van der Waals surface area contributed by atoms with E-state index >= 15 is 0 Å². The number of hydrogen-bond acceptors (Lipinski definition) is 3. The van der Waals surface area contributed by atoms with Crippen LogP contribution in [0.15, 0.2) is 34.8 Å². The molecule has 0 fully saturated rings. The number of ether oxygens (including phenoxy) is 1. The molecule has 1 amide bonds. The van der Waals surface area contributed by atoms with Crippen LogP contribution in [0.2, 0.25) is 0 Å². The molecule has 7 heteroatoms. The molecule has 2 aromatic carbocycles. The molecular weight excluding hydrogens is 346 g/mol. The first-order valence-electron chi connectivity index (χ1n) is 5.82. The summed E-state index contributed by atoms with van der Waals surface area (Å²) in [4.78, 5) is 12.2. The number of hydrogen-bond donors (Lipinski definition) is 2. The maximum atomic E-state index is 13.6. The second-order valence-electron chi connectivity index (χ2n) is 4.13. The van der Waals surface area contributed by atoms with Crippen LogP contribution in [0.4, 0.5) is 20.2 Å². The maximum Gasteiger partial charge on any atom is 0.259 e. The molecule has 0 saturated heterocycles. The van der Waals surface area contributed by atoms with Crippen molar-refractivity contribution < 1.29 is 18.3 Å². The minimum atomic E-state index is -0.882. The maximum absolute atomic E-state index is 13.6. The number of rotatable bonds is 3. The third-order valence-electron chi connectivity index (χ3n) is 2.75. The van der Waals surface area contributed by atoms with Gasteiger partial charge in [0.05, 0.1) is 28.5 Å². The highest BCUT2D eigenvalue weighted by molar-refractivity contribution is 9.10. The largest absolute Gasteiger partial charge is 0.494 e. The predicted molar refractivity (Wildman–Crippen MR) is 79.4 cm³/mol. The van der Waals surface area contributed by atoms with Gasteiger partial charge in [-0.3, -0.25) is 4.79 Å². The highest BCUT2D eigenvalue weighted by atomic mass is 79.9. The summed E-state index contributed by atoms with van der Waals surface area (Å²) in [5.41, 5.74) is 5.98. The zero-order valence-electron chi connectivity index (χ0n) is 10.9. The van der Waals surface area contributed by atoms with E-state index in [0.29, 0.717) is 6.07 Å². The van der Waals surface area contributed by atoms with Crippen LogP contribution >= 0.6 is 15.9 Å². The predicted octanol–water partition coefficient (Wildman–Crippen LogP) is 3.57. The smallest absolute Gasteiger partial charge is 0.259 e. The fourth-order valence-corrected chi connectivity index (χ4v) is 2.11. The Kier molecular flexibility index (Phi) is 4.42. The van der Waals surface area contributed by atoms with Crippen molar-refractivity contribution in [2.24, 2.45) is 0 Å². The highest BCUT2D eigenvalue weighted by Crippen LogP contribution is 2.28. The summed E-state index contributed by atoms with van der Waals surface area (Å²) >= 11 is 2.93. The molecule has 2 rings (SSSR count). The minimum absolute atomic E-state index is 0.0405. The number of halogens is 3. The summed E-state index contributed by atoms with van der Waals surface area (Å²) in [7, 11) is 1.37. The van der Waals surface area contributed by atoms with E-state index < -0.39 is 17.5 Å². The second kappa shape index (κ2) is 6.09. The molecule has 0 unspecified atom stereocenters. The molecule has 0 spiro atoms.